The van der Waals surface area contributed by atoms with Crippen LogP contribution in [-0.2, 0) is 27.7 Å². The molecule has 0 bridgehead atoms. The first kappa shape index (κ1) is 28.0. The van der Waals surface area contributed by atoms with E-state index in [0.29, 0.717) is 18.0 Å². The molecule has 4 N–H and O–H groups in total. The lowest BCUT2D eigenvalue weighted by atomic mass is 9.88. The summed E-state index contributed by atoms with van der Waals surface area (Å²) in [5, 5.41) is 23.6. The van der Waals surface area contributed by atoms with Crippen LogP contribution in [0.3, 0.4) is 0 Å². The lowest BCUT2D eigenvalue weighted by Gasteiger charge is -2.28. The maximum Gasteiger partial charge on any atom is 0.260 e. The van der Waals surface area contributed by atoms with Crippen molar-refractivity contribution in [2.45, 2.75) is 50.7 Å². The number of benzene rings is 2. The van der Waals surface area contributed by atoms with Crippen LogP contribution in [0.1, 0.15) is 36.8 Å². The highest BCUT2D eigenvalue weighted by molar-refractivity contribution is 7.92. The molecule has 2 atom stereocenters. The molecule has 1 saturated heterocycles. The fraction of sp³-hybridized carbons (Fsp3) is 0.519. The molecule has 0 radical (unpaired) electrons. The van der Waals surface area contributed by atoms with E-state index in [1.807, 2.05) is 17.0 Å². The Labute approximate surface area is 224 Å². The monoisotopic (exact) mass is 547 g/mol. The quantitative estimate of drug-likeness (QED) is 0.314. The smallest absolute Gasteiger partial charge is 0.260 e. The van der Waals surface area contributed by atoms with Crippen molar-refractivity contribution < 1.29 is 32.9 Å². The molecule has 2 aromatic carbocycles. The summed E-state index contributed by atoms with van der Waals surface area (Å²) in [6, 6.07) is 10.4. The van der Waals surface area contributed by atoms with Crippen LogP contribution in [0.2, 0.25) is 0 Å². The Hall–Kier alpha value is -3.02. The predicted octanol–water partition coefficient (Wildman–Crippen LogP) is 2.04. The summed E-state index contributed by atoms with van der Waals surface area (Å²) in [6.45, 7) is 2.01. The highest BCUT2D eigenvalue weighted by Gasteiger charge is 2.21. The summed E-state index contributed by atoms with van der Waals surface area (Å²) in [5.74, 6) is 0.839. The molecule has 10 nitrogen and oxygen atoms in total. The number of aromatic hydroxyl groups is 1. The van der Waals surface area contributed by atoms with Gasteiger partial charge in [0.15, 0.2) is 6.61 Å². The van der Waals surface area contributed by atoms with Crippen molar-refractivity contribution in [3.05, 3.63) is 47.5 Å². The molecule has 4 rings (SSSR count). The van der Waals surface area contributed by atoms with E-state index in [1.54, 1.807) is 0 Å². The van der Waals surface area contributed by atoms with Gasteiger partial charge in [-0.1, -0.05) is 6.07 Å². The molecule has 2 aromatic rings. The molecular weight excluding hydrogens is 510 g/mol. The number of anilines is 1. The van der Waals surface area contributed by atoms with E-state index in [-0.39, 0.29) is 36.6 Å². The van der Waals surface area contributed by atoms with E-state index >= 15 is 0 Å². The summed E-state index contributed by atoms with van der Waals surface area (Å²) < 4.78 is 36.5. The molecule has 11 heteroatoms. The number of carbonyl (C=O) groups excluding carboxylic acids is 1. The number of aliphatic hydroxyl groups is 1. The SMILES string of the molecule is CS(=O)(=O)Nc1cc(OCC(O)CNC2CCc3ccc(OCC(=O)N4CCCCC4)cc3C2)ccc1O. The summed E-state index contributed by atoms with van der Waals surface area (Å²) in [6.07, 6.45) is 6.14. The van der Waals surface area contributed by atoms with E-state index in [4.69, 9.17) is 9.47 Å². The number of likely N-dealkylation sites (tertiary alicyclic amines) is 1. The maximum absolute atomic E-state index is 12.4. The fourth-order valence-electron chi connectivity index (χ4n) is 4.82. The summed E-state index contributed by atoms with van der Waals surface area (Å²) in [7, 11) is -3.55. The first-order valence-corrected chi connectivity index (χ1v) is 14.9. The molecule has 38 heavy (non-hydrogen) atoms. The van der Waals surface area contributed by atoms with Gasteiger partial charge in [0.1, 0.15) is 30.0 Å². The van der Waals surface area contributed by atoms with Crippen molar-refractivity contribution in [2.24, 2.45) is 0 Å². The third kappa shape index (κ3) is 8.24. The average Bonchev–Trinajstić information content (AvgIpc) is 2.90. The third-order valence-electron chi connectivity index (χ3n) is 6.83. The van der Waals surface area contributed by atoms with Gasteiger partial charge in [0.2, 0.25) is 10.0 Å². The zero-order valence-electron chi connectivity index (χ0n) is 21.7. The van der Waals surface area contributed by atoms with Crippen LogP contribution < -0.4 is 19.5 Å². The van der Waals surface area contributed by atoms with Crippen LogP contribution in [0.5, 0.6) is 17.2 Å². The van der Waals surface area contributed by atoms with Crippen LogP contribution in [-0.4, -0.2) is 80.7 Å². The van der Waals surface area contributed by atoms with Crippen molar-refractivity contribution in [3.8, 4) is 17.2 Å². The number of nitrogens with zero attached hydrogens (tertiary/aromatic N) is 1. The van der Waals surface area contributed by atoms with Gasteiger partial charge in [-0.05, 0) is 73.9 Å². The number of hydrogen-bond donors (Lipinski definition) is 4. The van der Waals surface area contributed by atoms with E-state index in [2.05, 4.69) is 16.1 Å². The van der Waals surface area contributed by atoms with Crippen LogP contribution in [0.15, 0.2) is 36.4 Å². The maximum atomic E-state index is 12.4. The Morgan fingerprint density at radius 2 is 1.82 bits per heavy atom. The molecule has 208 valence electrons. The standard InChI is InChI=1S/C27H37N3O7S/c1-38(34,35)29-25-15-24(9-10-26(25)32)36-17-22(31)16-28-21-7-5-19-6-8-23(14-20(19)13-21)37-18-27(33)30-11-3-2-4-12-30/h6,8-10,14-15,21-22,28-29,31-32H,2-5,7,11-13,16-18H2,1H3. The van der Waals surface area contributed by atoms with Gasteiger partial charge in [-0.3, -0.25) is 9.52 Å². The zero-order valence-corrected chi connectivity index (χ0v) is 22.5. The summed E-state index contributed by atoms with van der Waals surface area (Å²) >= 11 is 0. The number of hydrogen-bond acceptors (Lipinski definition) is 8. The van der Waals surface area contributed by atoms with Crippen molar-refractivity contribution >= 4 is 21.6 Å². The van der Waals surface area contributed by atoms with Crippen LogP contribution in [0.4, 0.5) is 5.69 Å². The lowest BCUT2D eigenvalue weighted by Crippen LogP contribution is -2.41. The topological polar surface area (TPSA) is 137 Å². The molecule has 0 spiro atoms. The molecule has 0 aromatic heterocycles. The molecule has 1 aliphatic carbocycles. The van der Waals surface area contributed by atoms with Gasteiger partial charge in [0.25, 0.3) is 5.91 Å². The summed E-state index contributed by atoms with van der Waals surface area (Å²) in [5.41, 5.74) is 2.46. The van der Waals surface area contributed by atoms with Crippen LogP contribution in [0.25, 0.3) is 0 Å². The Bertz CT molecular complexity index is 1220. The second-order valence-corrected chi connectivity index (χ2v) is 11.8. The Kier molecular flexibility index (Phi) is 9.35. The predicted molar refractivity (Wildman–Crippen MR) is 144 cm³/mol. The van der Waals surface area contributed by atoms with Gasteiger partial charge >= 0.3 is 0 Å². The van der Waals surface area contributed by atoms with Gasteiger partial charge in [0, 0.05) is 31.7 Å². The fourth-order valence-corrected chi connectivity index (χ4v) is 5.38. The molecule has 1 fully saturated rings. The number of fused-ring (bicyclic) bond motifs is 1. The zero-order chi connectivity index (χ0) is 27.1. The summed E-state index contributed by atoms with van der Waals surface area (Å²) in [4.78, 5) is 14.3. The van der Waals surface area contributed by atoms with Crippen molar-refractivity contribution in [2.75, 3.05) is 43.8 Å². The largest absolute Gasteiger partial charge is 0.506 e. The molecule has 2 aliphatic rings. The third-order valence-corrected chi connectivity index (χ3v) is 7.42. The van der Waals surface area contributed by atoms with E-state index in [1.165, 1.54) is 35.7 Å². The molecule has 2 unspecified atom stereocenters. The van der Waals surface area contributed by atoms with E-state index < -0.39 is 16.1 Å². The molecule has 0 saturated carbocycles. The Morgan fingerprint density at radius 3 is 2.58 bits per heavy atom. The number of ether oxygens (including phenoxy) is 2. The minimum Gasteiger partial charge on any atom is -0.506 e. The minimum absolute atomic E-state index is 0.00241. The molecular formula is C27H37N3O7S. The number of nitrogens with one attached hydrogen (secondary N) is 2. The normalized spacial score (nSPS) is 18.4. The van der Waals surface area contributed by atoms with Crippen LogP contribution >= 0.6 is 0 Å². The number of carbonyl (C=O) groups is 1. The number of rotatable bonds is 11. The highest BCUT2D eigenvalue weighted by atomic mass is 32.2. The number of sulfonamides is 1. The van der Waals surface area contributed by atoms with E-state index in [0.717, 1.165) is 51.4 Å². The van der Waals surface area contributed by atoms with Crippen molar-refractivity contribution in [3.63, 3.8) is 0 Å². The van der Waals surface area contributed by atoms with Gasteiger partial charge in [-0.15, -0.1) is 0 Å². The van der Waals surface area contributed by atoms with Crippen LogP contribution in [0, 0.1) is 0 Å². The van der Waals surface area contributed by atoms with Gasteiger partial charge in [0.05, 0.1) is 11.9 Å². The molecule has 1 heterocycles. The first-order chi connectivity index (χ1) is 18.2. The lowest BCUT2D eigenvalue weighted by molar-refractivity contribution is -0.134. The highest BCUT2D eigenvalue weighted by Crippen LogP contribution is 2.29. The number of piperidine rings is 1. The Morgan fingerprint density at radius 1 is 1.08 bits per heavy atom. The van der Waals surface area contributed by atoms with Gasteiger partial charge < -0.3 is 29.9 Å². The van der Waals surface area contributed by atoms with Gasteiger partial charge in [-0.25, -0.2) is 8.42 Å². The number of amides is 1. The Balaban J connectivity index is 1.23. The second-order valence-electron chi connectivity index (χ2n) is 10.0. The molecule has 1 amide bonds. The number of aliphatic hydroxyl groups excluding tert-OH is 1. The number of aryl methyl sites for hydroxylation is 1. The molecule has 1 aliphatic heterocycles. The van der Waals surface area contributed by atoms with Gasteiger partial charge in [-0.2, -0.15) is 0 Å². The van der Waals surface area contributed by atoms with Crippen molar-refractivity contribution in [1.82, 2.24) is 10.2 Å². The minimum atomic E-state index is -3.55. The first-order valence-electron chi connectivity index (χ1n) is 13.0. The average molecular weight is 548 g/mol. The van der Waals surface area contributed by atoms with Crippen molar-refractivity contribution in [1.29, 1.82) is 0 Å². The number of phenolic OH excluding ortho intramolecular Hbond substituents is 1. The van der Waals surface area contributed by atoms with E-state index in [9.17, 15) is 23.4 Å². The number of phenols is 1. The second kappa shape index (κ2) is 12.7.